The zero-order valence-electron chi connectivity index (χ0n) is 3.03. The van der Waals surface area contributed by atoms with E-state index in [4.69, 9.17) is 27.9 Å². The van der Waals surface area contributed by atoms with Crippen molar-refractivity contribution in [3.8, 4) is 0 Å². The Labute approximate surface area is 46.2 Å². The van der Waals surface area contributed by atoms with Crippen LogP contribution in [-0.4, -0.2) is 17.5 Å². The molecule has 0 aromatic carbocycles. The van der Waals surface area contributed by atoms with Gasteiger partial charge in [0.05, 0.1) is 5.88 Å². The van der Waals surface area contributed by atoms with Gasteiger partial charge in [-0.2, -0.15) is 0 Å². The molecule has 1 fully saturated rings. The molecule has 2 atom stereocenters. The van der Waals surface area contributed by atoms with E-state index in [2.05, 4.69) is 0 Å². The minimum absolute atomic E-state index is 0.0949. The van der Waals surface area contributed by atoms with Gasteiger partial charge in [0.1, 0.15) is 6.10 Å². The van der Waals surface area contributed by atoms with Gasteiger partial charge in [-0.3, -0.25) is 0 Å². The van der Waals surface area contributed by atoms with Gasteiger partial charge in [-0.15, -0.1) is 11.6 Å². The van der Waals surface area contributed by atoms with Crippen molar-refractivity contribution in [2.24, 2.45) is 0 Å². The van der Waals surface area contributed by atoms with Crippen molar-refractivity contribution in [1.82, 2.24) is 0 Å². The van der Waals surface area contributed by atoms with Crippen molar-refractivity contribution >= 4 is 23.2 Å². The van der Waals surface area contributed by atoms with Crippen molar-refractivity contribution in [1.29, 1.82) is 0 Å². The summed E-state index contributed by atoms with van der Waals surface area (Å²) < 4.78 is 4.70. The van der Waals surface area contributed by atoms with E-state index in [0.29, 0.717) is 5.88 Å². The van der Waals surface area contributed by atoms with Crippen LogP contribution in [0.5, 0.6) is 0 Å². The number of rotatable bonds is 1. The van der Waals surface area contributed by atoms with Gasteiger partial charge in [0, 0.05) is 0 Å². The second-order valence-corrected chi connectivity index (χ2v) is 1.92. The van der Waals surface area contributed by atoms with Crippen LogP contribution in [0.3, 0.4) is 0 Å². The summed E-state index contributed by atoms with van der Waals surface area (Å²) in [7, 11) is 0. The van der Waals surface area contributed by atoms with Crippen molar-refractivity contribution in [2.45, 2.75) is 11.7 Å². The standard InChI is InChI=1S/C3H4Cl2O/c4-1-2-3(5)6-2/h2-3H,1H2/t2?,3-/m1/s1. The third-order valence-electron chi connectivity index (χ3n) is 0.673. The summed E-state index contributed by atoms with van der Waals surface area (Å²) in [5.74, 6) is 0.522. The highest BCUT2D eigenvalue weighted by Crippen LogP contribution is 2.25. The van der Waals surface area contributed by atoms with Crippen LogP contribution in [0.15, 0.2) is 0 Å². The molecule has 1 rings (SSSR count). The molecular weight excluding hydrogens is 123 g/mol. The molecule has 0 radical (unpaired) electrons. The summed E-state index contributed by atoms with van der Waals surface area (Å²) in [6.07, 6.45) is 0.133. The van der Waals surface area contributed by atoms with E-state index in [9.17, 15) is 0 Å². The maximum Gasteiger partial charge on any atom is 0.159 e. The fraction of sp³-hybridized carbons (Fsp3) is 1.00. The molecule has 1 aliphatic heterocycles. The summed E-state index contributed by atoms with van der Waals surface area (Å²) >= 11 is 10.6. The Morgan fingerprint density at radius 1 is 1.67 bits per heavy atom. The quantitative estimate of drug-likeness (QED) is 0.380. The van der Waals surface area contributed by atoms with Gasteiger partial charge in [-0.05, 0) is 0 Å². The van der Waals surface area contributed by atoms with E-state index in [1.165, 1.54) is 0 Å². The molecule has 0 aromatic heterocycles. The first-order valence-electron chi connectivity index (χ1n) is 1.70. The van der Waals surface area contributed by atoms with E-state index in [0.717, 1.165) is 0 Å². The van der Waals surface area contributed by atoms with Gasteiger partial charge in [0.15, 0.2) is 5.56 Å². The SMILES string of the molecule is ClCC1O[C@H]1Cl. The van der Waals surface area contributed by atoms with Crippen molar-refractivity contribution in [3.63, 3.8) is 0 Å². The Balaban J connectivity index is 2.09. The van der Waals surface area contributed by atoms with Crippen LogP contribution in [0.4, 0.5) is 0 Å². The van der Waals surface area contributed by atoms with Crippen LogP contribution >= 0.6 is 23.2 Å². The van der Waals surface area contributed by atoms with Gasteiger partial charge in [-0.1, -0.05) is 11.6 Å². The average Bonchev–Trinajstić information content (AvgIpc) is 2.19. The molecule has 0 N–H and O–H groups in total. The number of epoxide rings is 1. The van der Waals surface area contributed by atoms with Crippen molar-refractivity contribution in [2.75, 3.05) is 5.88 Å². The zero-order valence-corrected chi connectivity index (χ0v) is 4.54. The summed E-state index contributed by atoms with van der Waals surface area (Å²) in [6.45, 7) is 0. The number of hydrogen-bond acceptors (Lipinski definition) is 1. The number of ether oxygens (including phenoxy) is 1. The second kappa shape index (κ2) is 1.57. The van der Waals surface area contributed by atoms with Crippen LogP contribution < -0.4 is 0 Å². The number of hydrogen-bond donors (Lipinski definition) is 0. The van der Waals surface area contributed by atoms with Crippen LogP contribution in [0.25, 0.3) is 0 Å². The Bertz CT molecular complexity index is 54.8. The van der Waals surface area contributed by atoms with Gasteiger partial charge >= 0.3 is 0 Å². The Kier molecular flexibility index (Phi) is 1.22. The average molecular weight is 127 g/mol. The summed E-state index contributed by atoms with van der Waals surface area (Å²) in [5.41, 5.74) is -0.0949. The monoisotopic (exact) mass is 126 g/mol. The molecule has 6 heavy (non-hydrogen) atoms. The van der Waals surface area contributed by atoms with Gasteiger partial charge < -0.3 is 4.74 Å². The molecule has 0 aromatic rings. The van der Waals surface area contributed by atoms with E-state index in [-0.39, 0.29) is 11.7 Å². The first-order valence-corrected chi connectivity index (χ1v) is 2.67. The van der Waals surface area contributed by atoms with Gasteiger partial charge in [0.2, 0.25) is 0 Å². The first kappa shape index (κ1) is 4.69. The Hall–Kier alpha value is 0.540. The lowest BCUT2D eigenvalue weighted by molar-refractivity contribution is 0.413. The highest BCUT2D eigenvalue weighted by Gasteiger charge is 2.35. The van der Waals surface area contributed by atoms with E-state index in [1.54, 1.807) is 0 Å². The molecule has 1 aliphatic rings. The summed E-state index contributed by atoms with van der Waals surface area (Å²) in [5, 5.41) is 0. The maximum atomic E-state index is 5.35. The molecule has 1 saturated heterocycles. The fourth-order valence-corrected chi connectivity index (χ4v) is 0.775. The number of alkyl halides is 2. The second-order valence-electron chi connectivity index (χ2n) is 1.18. The Morgan fingerprint density at radius 3 is 2.17 bits per heavy atom. The van der Waals surface area contributed by atoms with Gasteiger partial charge in [0.25, 0.3) is 0 Å². The maximum absolute atomic E-state index is 5.35. The predicted molar refractivity (Wildman–Crippen MR) is 25.2 cm³/mol. The molecule has 0 bridgehead atoms. The Morgan fingerprint density at radius 2 is 2.17 bits per heavy atom. The topological polar surface area (TPSA) is 12.5 Å². The molecule has 1 heterocycles. The van der Waals surface area contributed by atoms with Crippen molar-refractivity contribution < 1.29 is 4.74 Å². The molecular formula is C3H4Cl2O. The highest BCUT2D eigenvalue weighted by molar-refractivity contribution is 6.23. The smallest absolute Gasteiger partial charge is 0.159 e. The molecule has 1 nitrogen and oxygen atoms in total. The molecule has 0 amide bonds. The zero-order chi connectivity index (χ0) is 4.57. The van der Waals surface area contributed by atoms with Crippen LogP contribution in [0, 0.1) is 0 Å². The fourth-order valence-electron chi connectivity index (χ4n) is 0.228. The minimum atomic E-state index is -0.0949. The summed E-state index contributed by atoms with van der Waals surface area (Å²) in [4.78, 5) is 0. The lowest BCUT2D eigenvalue weighted by atomic mass is 10.6. The van der Waals surface area contributed by atoms with Crippen molar-refractivity contribution in [3.05, 3.63) is 0 Å². The molecule has 0 aliphatic carbocycles. The lowest BCUT2D eigenvalue weighted by Crippen LogP contribution is -1.85. The third-order valence-corrected chi connectivity index (χ3v) is 1.36. The molecule has 0 spiro atoms. The molecule has 3 heteroatoms. The van der Waals surface area contributed by atoms with E-state index in [1.807, 2.05) is 0 Å². The van der Waals surface area contributed by atoms with Crippen LogP contribution in [0.2, 0.25) is 0 Å². The van der Waals surface area contributed by atoms with Gasteiger partial charge in [-0.25, -0.2) is 0 Å². The highest BCUT2D eigenvalue weighted by atomic mass is 35.5. The summed E-state index contributed by atoms with van der Waals surface area (Å²) in [6, 6.07) is 0. The molecule has 1 unspecified atom stereocenters. The number of halogens is 2. The van der Waals surface area contributed by atoms with Crippen LogP contribution in [-0.2, 0) is 4.74 Å². The van der Waals surface area contributed by atoms with Crippen LogP contribution in [0.1, 0.15) is 0 Å². The normalized spacial score (nSPS) is 43.0. The largest absolute Gasteiger partial charge is 0.351 e. The molecule has 36 valence electrons. The minimum Gasteiger partial charge on any atom is -0.351 e. The lowest BCUT2D eigenvalue weighted by Gasteiger charge is -1.68. The van der Waals surface area contributed by atoms with E-state index < -0.39 is 0 Å². The molecule has 0 saturated carbocycles. The third kappa shape index (κ3) is 0.780. The van der Waals surface area contributed by atoms with E-state index >= 15 is 0 Å². The predicted octanol–water partition coefficient (Wildman–Crippen LogP) is 1.19. The first-order chi connectivity index (χ1) is 2.84.